The van der Waals surface area contributed by atoms with E-state index in [0.717, 1.165) is 30.2 Å². The summed E-state index contributed by atoms with van der Waals surface area (Å²) in [4.78, 5) is 2.36. The highest BCUT2D eigenvalue weighted by Gasteiger charge is 2.33. The van der Waals surface area contributed by atoms with Crippen LogP contribution in [0.1, 0.15) is 44.0 Å². The van der Waals surface area contributed by atoms with E-state index in [4.69, 9.17) is 5.73 Å². The molecule has 0 amide bonds. The van der Waals surface area contributed by atoms with Gasteiger partial charge in [0.05, 0.1) is 5.69 Å². The molecular weight excluding hydrogens is 236 g/mol. The summed E-state index contributed by atoms with van der Waals surface area (Å²) in [6.45, 7) is 13.7. The normalized spacial score (nSPS) is 20.1. The molecule has 1 aliphatic rings. The van der Waals surface area contributed by atoms with Crippen LogP contribution >= 0.6 is 0 Å². The fourth-order valence-corrected chi connectivity index (χ4v) is 2.80. The van der Waals surface area contributed by atoms with E-state index >= 15 is 0 Å². The molecule has 1 aromatic heterocycles. The predicted molar refractivity (Wildman–Crippen MR) is 79.2 cm³/mol. The van der Waals surface area contributed by atoms with Crippen molar-refractivity contribution in [2.24, 2.45) is 17.1 Å². The maximum Gasteiger partial charge on any atom is 0.156 e. The third kappa shape index (κ3) is 2.73. The fraction of sp³-hybridized carbons (Fsp3) is 0.733. The highest BCUT2D eigenvalue weighted by Crippen LogP contribution is 2.36. The molecular formula is C15H26N4. The summed E-state index contributed by atoms with van der Waals surface area (Å²) >= 11 is 0. The largest absolute Gasteiger partial charge is 0.355 e. The van der Waals surface area contributed by atoms with E-state index in [1.165, 1.54) is 12.0 Å². The summed E-state index contributed by atoms with van der Waals surface area (Å²) in [5.74, 6) is 1.71. The predicted octanol–water partition coefficient (Wildman–Crippen LogP) is 2.42. The van der Waals surface area contributed by atoms with Gasteiger partial charge in [-0.3, -0.25) is 0 Å². The van der Waals surface area contributed by atoms with Crippen LogP contribution in [-0.4, -0.2) is 23.3 Å². The molecule has 2 rings (SSSR count). The first-order valence-corrected chi connectivity index (χ1v) is 7.12. The van der Waals surface area contributed by atoms with Crippen molar-refractivity contribution in [2.45, 2.75) is 47.6 Å². The Hall–Kier alpha value is -1.16. The Morgan fingerprint density at radius 3 is 2.47 bits per heavy atom. The van der Waals surface area contributed by atoms with Gasteiger partial charge in [-0.1, -0.05) is 20.8 Å². The zero-order valence-electron chi connectivity index (χ0n) is 12.8. The van der Waals surface area contributed by atoms with E-state index in [2.05, 4.69) is 42.8 Å². The van der Waals surface area contributed by atoms with Gasteiger partial charge in [0.15, 0.2) is 5.82 Å². The van der Waals surface area contributed by atoms with E-state index in [1.54, 1.807) is 0 Å². The number of aromatic nitrogens is 2. The van der Waals surface area contributed by atoms with Gasteiger partial charge in [-0.25, -0.2) is 0 Å². The van der Waals surface area contributed by atoms with Crippen molar-refractivity contribution in [1.29, 1.82) is 0 Å². The van der Waals surface area contributed by atoms with Crippen LogP contribution in [0.3, 0.4) is 0 Å². The molecule has 1 aliphatic heterocycles. The van der Waals surface area contributed by atoms with Crippen LogP contribution in [0, 0.1) is 25.2 Å². The Morgan fingerprint density at radius 1 is 1.26 bits per heavy atom. The van der Waals surface area contributed by atoms with Gasteiger partial charge in [-0.2, -0.15) is 5.10 Å². The number of hydrogen-bond donors (Lipinski definition) is 1. The highest BCUT2D eigenvalue weighted by molar-refractivity contribution is 5.51. The lowest BCUT2D eigenvalue weighted by molar-refractivity contribution is 0.263. The van der Waals surface area contributed by atoms with Crippen molar-refractivity contribution in [3.8, 4) is 0 Å². The molecule has 106 valence electrons. The van der Waals surface area contributed by atoms with E-state index in [0.29, 0.717) is 17.9 Å². The molecule has 1 fully saturated rings. The molecule has 0 spiro atoms. The molecule has 0 radical (unpaired) electrons. The van der Waals surface area contributed by atoms with Crippen molar-refractivity contribution in [3.63, 3.8) is 0 Å². The molecule has 0 aromatic carbocycles. The van der Waals surface area contributed by atoms with Gasteiger partial charge < -0.3 is 10.6 Å². The molecule has 1 aromatic rings. The van der Waals surface area contributed by atoms with E-state index in [1.807, 2.05) is 6.92 Å². The lowest BCUT2D eigenvalue weighted by atomic mass is 9.80. The smallest absolute Gasteiger partial charge is 0.156 e. The van der Waals surface area contributed by atoms with Gasteiger partial charge in [0.25, 0.3) is 0 Å². The first-order valence-electron chi connectivity index (χ1n) is 7.12. The average Bonchev–Trinajstić information content (AvgIpc) is 2.81. The molecule has 0 aliphatic carbocycles. The zero-order chi connectivity index (χ0) is 14.2. The summed E-state index contributed by atoms with van der Waals surface area (Å²) in [6.07, 6.45) is 1.22. The van der Waals surface area contributed by atoms with Crippen LogP contribution in [-0.2, 0) is 6.54 Å². The summed E-state index contributed by atoms with van der Waals surface area (Å²) in [6, 6.07) is 0. The lowest BCUT2D eigenvalue weighted by Crippen LogP contribution is -2.28. The molecule has 2 heterocycles. The highest BCUT2D eigenvalue weighted by atomic mass is 15.3. The second-order valence-electron chi connectivity index (χ2n) is 6.71. The minimum absolute atomic E-state index is 0.352. The van der Waals surface area contributed by atoms with Crippen LogP contribution in [0.25, 0.3) is 0 Å². The first-order chi connectivity index (χ1) is 8.84. The molecule has 1 saturated heterocycles. The number of hydrogen-bond acceptors (Lipinski definition) is 4. The quantitative estimate of drug-likeness (QED) is 0.889. The Morgan fingerprint density at radius 2 is 1.95 bits per heavy atom. The summed E-state index contributed by atoms with van der Waals surface area (Å²) in [5, 5.41) is 8.68. The maximum atomic E-state index is 5.91. The van der Waals surface area contributed by atoms with Crippen LogP contribution in [0.2, 0.25) is 0 Å². The number of aryl methyl sites for hydroxylation is 1. The molecule has 4 nitrogen and oxygen atoms in total. The number of nitrogens with two attached hydrogens (primary N) is 1. The van der Waals surface area contributed by atoms with Gasteiger partial charge >= 0.3 is 0 Å². The zero-order valence-corrected chi connectivity index (χ0v) is 12.8. The molecule has 0 saturated carbocycles. The van der Waals surface area contributed by atoms with Crippen LogP contribution in [0.15, 0.2) is 0 Å². The monoisotopic (exact) mass is 262 g/mol. The second kappa shape index (κ2) is 5.08. The lowest BCUT2D eigenvalue weighted by Gasteiger charge is -2.27. The maximum absolute atomic E-state index is 5.91. The van der Waals surface area contributed by atoms with E-state index in [-0.39, 0.29) is 0 Å². The standard InChI is InChI=1S/C15H26N4/c1-10-11(2)17-18-14(13(10)8-16)19-7-6-12(9-19)15(3,4)5/h12H,6-9,16H2,1-5H3. The Bertz CT molecular complexity index is 462. The Labute approximate surface area is 116 Å². The molecule has 1 unspecified atom stereocenters. The third-order valence-corrected chi connectivity index (χ3v) is 4.48. The van der Waals surface area contributed by atoms with Crippen LogP contribution in [0.4, 0.5) is 5.82 Å². The van der Waals surface area contributed by atoms with Gasteiger partial charge in [0, 0.05) is 25.2 Å². The fourth-order valence-electron chi connectivity index (χ4n) is 2.80. The molecule has 4 heteroatoms. The number of nitrogens with zero attached hydrogens (tertiary/aromatic N) is 3. The topological polar surface area (TPSA) is 55.0 Å². The van der Waals surface area contributed by atoms with Crippen LogP contribution in [0.5, 0.6) is 0 Å². The van der Waals surface area contributed by atoms with Crippen molar-refractivity contribution < 1.29 is 0 Å². The van der Waals surface area contributed by atoms with E-state index < -0.39 is 0 Å². The Kier molecular flexibility index (Phi) is 3.81. The average molecular weight is 262 g/mol. The first kappa shape index (κ1) is 14.3. The van der Waals surface area contributed by atoms with Crippen LogP contribution < -0.4 is 10.6 Å². The summed E-state index contributed by atoms with van der Waals surface area (Å²) < 4.78 is 0. The van der Waals surface area contributed by atoms with Crippen molar-refractivity contribution in [3.05, 3.63) is 16.8 Å². The van der Waals surface area contributed by atoms with E-state index in [9.17, 15) is 0 Å². The van der Waals surface area contributed by atoms with Gasteiger partial charge in [-0.15, -0.1) is 5.10 Å². The molecule has 19 heavy (non-hydrogen) atoms. The SMILES string of the molecule is Cc1nnc(N2CCC(C(C)(C)C)C2)c(CN)c1C. The van der Waals surface area contributed by atoms with Gasteiger partial charge in [-0.05, 0) is 37.2 Å². The third-order valence-electron chi connectivity index (χ3n) is 4.48. The summed E-state index contributed by atoms with van der Waals surface area (Å²) in [5.41, 5.74) is 9.59. The second-order valence-corrected chi connectivity index (χ2v) is 6.71. The van der Waals surface area contributed by atoms with Gasteiger partial charge in [0.2, 0.25) is 0 Å². The van der Waals surface area contributed by atoms with Crippen molar-refractivity contribution in [2.75, 3.05) is 18.0 Å². The minimum Gasteiger partial charge on any atom is -0.355 e. The molecule has 2 N–H and O–H groups in total. The Balaban J connectivity index is 2.27. The number of anilines is 1. The minimum atomic E-state index is 0.352. The van der Waals surface area contributed by atoms with Gasteiger partial charge in [0.1, 0.15) is 0 Å². The summed E-state index contributed by atoms with van der Waals surface area (Å²) in [7, 11) is 0. The number of rotatable bonds is 2. The molecule has 0 bridgehead atoms. The van der Waals surface area contributed by atoms with Crippen molar-refractivity contribution in [1.82, 2.24) is 10.2 Å². The molecule has 1 atom stereocenters. The van der Waals surface area contributed by atoms with Crippen molar-refractivity contribution >= 4 is 5.82 Å².